The van der Waals surface area contributed by atoms with E-state index in [0.29, 0.717) is 12.6 Å². The lowest BCUT2D eigenvalue weighted by Crippen LogP contribution is -2.47. The normalized spacial score (nSPS) is 19.6. The Balaban J connectivity index is 1.53. The number of hydrogen-bond acceptors (Lipinski definition) is 5. The van der Waals surface area contributed by atoms with Crippen molar-refractivity contribution in [1.82, 2.24) is 15.5 Å². The molecule has 0 aliphatic carbocycles. The first-order valence-corrected chi connectivity index (χ1v) is 8.24. The van der Waals surface area contributed by atoms with Crippen LogP contribution >= 0.6 is 0 Å². The number of rotatable bonds is 5. The van der Waals surface area contributed by atoms with Crippen molar-refractivity contribution in [2.24, 2.45) is 0 Å². The zero-order valence-electron chi connectivity index (χ0n) is 13.5. The second-order valence-corrected chi connectivity index (χ2v) is 6.15. The van der Waals surface area contributed by atoms with E-state index in [1.807, 2.05) is 49.4 Å². The molecule has 2 N–H and O–H groups in total. The quantitative estimate of drug-likeness (QED) is 0.885. The third-order valence-corrected chi connectivity index (χ3v) is 4.31. The summed E-state index contributed by atoms with van der Waals surface area (Å²) in [6, 6.07) is 14.2. The van der Waals surface area contributed by atoms with Crippen molar-refractivity contribution in [2.75, 3.05) is 24.5 Å². The van der Waals surface area contributed by atoms with Gasteiger partial charge in [-0.1, -0.05) is 30.3 Å². The minimum Gasteiger partial charge on any atom is -0.387 e. The lowest BCUT2D eigenvalue weighted by atomic mass is 10.0. The van der Waals surface area contributed by atoms with Crippen LogP contribution in [0.5, 0.6) is 0 Å². The maximum absolute atomic E-state index is 10.3. The van der Waals surface area contributed by atoms with Crippen LogP contribution in [0.1, 0.15) is 30.2 Å². The van der Waals surface area contributed by atoms with Gasteiger partial charge in [-0.15, -0.1) is 5.10 Å². The predicted octanol–water partition coefficient (Wildman–Crippen LogP) is 2.08. The third kappa shape index (κ3) is 4.27. The largest absolute Gasteiger partial charge is 0.387 e. The van der Waals surface area contributed by atoms with E-state index in [9.17, 15) is 5.11 Å². The highest BCUT2D eigenvalue weighted by molar-refractivity contribution is 5.38. The highest BCUT2D eigenvalue weighted by Crippen LogP contribution is 2.18. The van der Waals surface area contributed by atoms with E-state index in [1.54, 1.807) is 0 Å². The molecule has 0 amide bonds. The van der Waals surface area contributed by atoms with E-state index in [1.165, 1.54) is 0 Å². The number of nitrogens with zero attached hydrogens (tertiary/aromatic N) is 3. The van der Waals surface area contributed by atoms with Gasteiger partial charge in [-0.2, -0.15) is 5.10 Å². The molecule has 1 aromatic heterocycles. The predicted molar refractivity (Wildman–Crippen MR) is 91.4 cm³/mol. The molecule has 23 heavy (non-hydrogen) atoms. The lowest BCUT2D eigenvalue weighted by Gasteiger charge is -2.34. The first-order valence-electron chi connectivity index (χ1n) is 8.24. The number of aliphatic hydroxyl groups is 1. The van der Waals surface area contributed by atoms with Crippen LogP contribution in [-0.2, 0) is 0 Å². The van der Waals surface area contributed by atoms with Crippen molar-refractivity contribution >= 4 is 5.82 Å². The number of benzene rings is 1. The molecule has 1 aliphatic rings. The molecule has 1 aromatic carbocycles. The maximum Gasteiger partial charge on any atom is 0.151 e. The minimum absolute atomic E-state index is 0.366. The second-order valence-electron chi connectivity index (χ2n) is 6.15. The molecule has 122 valence electrons. The highest BCUT2D eigenvalue weighted by Gasteiger charge is 2.21. The van der Waals surface area contributed by atoms with E-state index in [2.05, 4.69) is 20.4 Å². The maximum atomic E-state index is 10.3. The summed E-state index contributed by atoms with van der Waals surface area (Å²) in [5.41, 5.74) is 1.89. The van der Waals surface area contributed by atoms with Gasteiger partial charge in [0.1, 0.15) is 0 Å². The number of aromatic nitrogens is 2. The van der Waals surface area contributed by atoms with Gasteiger partial charge in [0.2, 0.25) is 0 Å². The molecule has 0 saturated carbocycles. The smallest absolute Gasteiger partial charge is 0.151 e. The molecule has 1 aliphatic heterocycles. The highest BCUT2D eigenvalue weighted by atomic mass is 16.3. The van der Waals surface area contributed by atoms with Crippen molar-refractivity contribution in [3.05, 3.63) is 53.7 Å². The van der Waals surface area contributed by atoms with Crippen LogP contribution < -0.4 is 10.2 Å². The molecule has 1 saturated heterocycles. The summed E-state index contributed by atoms with van der Waals surface area (Å²) in [5, 5.41) is 22.2. The minimum atomic E-state index is -0.467. The van der Waals surface area contributed by atoms with Crippen molar-refractivity contribution in [2.45, 2.75) is 31.9 Å². The summed E-state index contributed by atoms with van der Waals surface area (Å²) in [6.45, 7) is 4.43. The molecular formula is C18H24N4O. The van der Waals surface area contributed by atoms with Gasteiger partial charge in [0.25, 0.3) is 0 Å². The monoisotopic (exact) mass is 312 g/mol. The summed E-state index contributed by atoms with van der Waals surface area (Å²) in [5.74, 6) is 0.936. The zero-order valence-corrected chi connectivity index (χ0v) is 13.5. The van der Waals surface area contributed by atoms with Gasteiger partial charge in [0.15, 0.2) is 5.82 Å². The van der Waals surface area contributed by atoms with E-state index < -0.39 is 6.10 Å². The average molecular weight is 312 g/mol. The van der Waals surface area contributed by atoms with Crippen LogP contribution in [0, 0.1) is 6.92 Å². The lowest BCUT2D eigenvalue weighted by molar-refractivity contribution is 0.168. The Morgan fingerprint density at radius 2 is 2.04 bits per heavy atom. The molecular weight excluding hydrogens is 288 g/mol. The van der Waals surface area contributed by atoms with Crippen LogP contribution in [0.2, 0.25) is 0 Å². The van der Waals surface area contributed by atoms with Crippen molar-refractivity contribution in [1.29, 1.82) is 0 Å². The molecule has 1 fully saturated rings. The third-order valence-electron chi connectivity index (χ3n) is 4.31. The van der Waals surface area contributed by atoms with E-state index in [4.69, 9.17) is 0 Å². The summed E-state index contributed by atoms with van der Waals surface area (Å²) >= 11 is 0. The Labute approximate surface area is 137 Å². The number of piperidine rings is 1. The molecule has 2 heterocycles. The first kappa shape index (κ1) is 15.9. The summed E-state index contributed by atoms with van der Waals surface area (Å²) < 4.78 is 0. The Hall–Kier alpha value is -1.98. The fourth-order valence-corrected chi connectivity index (χ4v) is 2.98. The fourth-order valence-electron chi connectivity index (χ4n) is 2.98. The average Bonchev–Trinajstić information content (AvgIpc) is 2.61. The number of aryl methyl sites for hydroxylation is 1. The Kier molecular flexibility index (Phi) is 5.20. The van der Waals surface area contributed by atoms with Crippen LogP contribution in [0.3, 0.4) is 0 Å². The molecule has 3 rings (SSSR count). The van der Waals surface area contributed by atoms with Gasteiger partial charge < -0.3 is 15.3 Å². The second kappa shape index (κ2) is 7.53. The van der Waals surface area contributed by atoms with Crippen LogP contribution in [-0.4, -0.2) is 41.0 Å². The van der Waals surface area contributed by atoms with Gasteiger partial charge in [-0.3, -0.25) is 0 Å². The summed E-state index contributed by atoms with van der Waals surface area (Å²) in [7, 11) is 0. The van der Waals surface area contributed by atoms with Crippen molar-refractivity contribution in [3.8, 4) is 0 Å². The Bertz CT molecular complexity index is 602. The van der Waals surface area contributed by atoms with Crippen molar-refractivity contribution in [3.63, 3.8) is 0 Å². The first-order chi connectivity index (χ1) is 11.2. The zero-order chi connectivity index (χ0) is 16.1. The fraction of sp³-hybridized carbons (Fsp3) is 0.444. The molecule has 5 nitrogen and oxygen atoms in total. The van der Waals surface area contributed by atoms with Crippen LogP contribution in [0.4, 0.5) is 5.82 Å². The van der Waals surface area contributed by atoms with Gasteiger partial charge in [0, 0.05) is 25.7 Å². The van der Waals surface area contributed by atoms with Gasteiger partial charge in [-0.25, -0.2) is 0 Å². The van der Waals surface area contributed by atoms with Crippen molar-refractivity contribution < 1.29 is 5.11 Å². The van der Waals surface area contributed by atoms with E-state index in [-0.39, 0.29) is 0 Å². The SMILES string of the molecule is Cc1ccc(N2CCC[C@@H](NC[C@@H](O)c3ccccc3)C2)nn1. The topological polar surface area (TPSA) is 61.3 Å². The standard InChI is InChI=1S/C18H24N4O/c1-14-9-10-18(21-20-14)22-11-5-8-16(13-22)19-12-17(23)15-6-3-2-4-7-15/h2-4,6-7,9-10,16-17,19,23H,5,8,11-13H2,1H3/t16-,17-/m1/s1. The Morgan fingerprint density at radius 1 is 1.22 bits per heavy atom. The Morgan fingerprint density at radius 3 is 2.78 bits per heavy atom. The molecule has 2 atom stereocenters. The number of anilines is 1. The molecule has 2 aromatic rings. The van der Waals surface area contributed by atoms with E-state index >= 15 is 0 Å². The molecule has 0 bridgehead atoms. The van der Waals surface area contributed by atoms with Crippen LogP contribution in [0.25, 0.3) is 0 Å². The molecule has 0 radical (unpaired) electrons. The molecule has 0 unspecified atom stereocenters. The van der Waals surface area contributed by atoms with Gasteiger partial charge in [-0.05, 0) is 37.5 Å². The summed E-state index contributed by atoms with van der Waals surface area (Å²) in [4.78, 5) is 2.27. The van der Waals surface area contributed by atoms with Gasteiger partial charge in [0.05, 0.1) is 11.8 Å². The van der Waals surface area contributed by atoms with Crippen LogP contribution in [0.15, 0.2) is 42.5 Å². The molecule has 5 heteroatoms. The van der Waals surface area contributed by atoms with Gasteiger partial charge >= 0.3 is 0 Å². The summed E-state index contributed by atoms with van der Waals surface area (Å²) in [6.07, 6.45) is 1.78. The number of aliphatic hydroxyl groups excluding tert-OH is 1. The number of nitrogens with one attached hydrogen (secondary N) is 1. The molecule has 0 spiro atoms. The number of hydrogen-bond donors (Lipinski definition) is 2. The van der Waals surface area contributed by atoms with E-state index in [0.717, 1.165) is 43.0 Å².